The molecule has 1 aliphatic rings. The molecule has 3 aromatic rings. The number of aromatic nitrogens is 2. The van der Waals surface area contributed by atoms with Gasteiger partial charge in [-0.2, -0.15) is 4.98 Å². The van der Waals surface area contributed by atoms with Gasteiger partial charge in [-0.15, -0.1) is 0 Å². The highest BCUT2D eigenvalue weighted by atomic mass is 79.9. The van der Waals surface area contributed by atoms with Crippen LogP contribution < -0.4 is 5.32 Å². The molecule has 156 valence electrons. The minimum Gasteiger partial charge on any atom is -0.339 e. The Morgan fingerprint density at radius 2 is 2.20 bits per heavy atom. The third-order valence-corrected chi connectivity index (χ3v) is 5.76. The monoisotopic (exact) mass is 492 g/mol. The zero-order chi connectivity index (χ0) is 21.1. The number of rotatable bonds is 5. The Bertz CT molecular complexity index is 1060. The van der Waals surface area contributed by atoms with E-state index in [0.717, 1.165) is 23.9 Å². The average molecular weight is 494 g/mol. The molecular formula is C21H19BrClFN4O2. The SMILES string of the molecule is O=C(CN1CCCC(c2nc(-c3cccc(F)c3)no2)C1)Nc1ccc(Br)cc1Cl. The highest BCUT2D eigenvalue weighted by molar-refractivity contribution is 9.10. The third kappa shape index (κ3) is 5.06. The molecule has 1 amide bonds. The molecule has 1 unspecified atom stereocenters. The molecule has 30 heavy (non-hydrogen) atoms. The molecule has 4 rings (SSSR count). The van der Waals surface area contributed by atoms with Crippen molar-refractivity contribution in [3.05, 3.63) is 63.7 Å². The lowest BCUT2D eigenvalue weighted by atomic mass is 9.98. The van der Waals surface area contributed by atoms with Crippen LogP contribution in [0.4, 0.5) is 10.1 Å². The van der Waals surface area contributed by atoms with Crippen molar-refractivity contribution < 1.29 is 13.7 Å². The molecule has 2 heterocycles. The number of piperidine rings is 1. The van der Waals surface area contributed by atoms with E-state index < -0.39 is 0 Å². The van der Waals surface area contributed by atoms with Crippen LogP contribution in [0.5, 0.6) is 0 Å². The molecule has 9 heteroatoms. The van der Waals surface area contributed by atoms with Crippen LogP contribution in [0, 0.1) is 5.82 Å². The number of carbonyl (C=O) groups is 1. The van der Waals surface area contributed by atoms with Crippen LogP contribution in [0.25, 0.3) is 11.4 Å². The standard InChI is InChI=1S/C21H19BrClFN4O2/c22-15-6-7-18(17(23)10-15)25-19(29)12-28-8-2-4-14(11-28)21-26-20(27-30-21)13-3-1-5-16(24)9-13/h1,3,5-7,9-10,14H,2,4,8,11-12H2,(H,25,29). The van der Waals surface area contributed by atoms with Crippen LogP contribution in [0.2, 0.25) is 5.02 Å². The Balaban J connectivity index is 1.38. The Labute approximate surface area is 186 Å². The lowest BCUT2D eigenvalue weighted by molar-refractivity contribution is -0.117. The van der Waals surface area contributed by atoms with Crippen molar-refractivity contribution in [1.82, 2.24) is 15.0 Å². The summed E-state index contributed by atoms with van der Waals surface area (Å²) < 4.78 is 19.7. The van der Waals surface area contributed by atoms with Crippen molar-refractivity contribution in [2.75, 3.05) is 25.0 Å². The number of nitrogens with one attached hydrogen (secondary N) is 1. The fourth-order valence-corrected chi connectivity index (χ4v) is 4.25. The Hall–Kier alpha value is -2.29. The molecule has 1 atom stereocenters. The second-order valence-electron chi connectivity index (χ2n) is 7.21. The number of carbonyl (C=O) groups excluding carboxylic acids is 1. The predicted molar refractivity (Wildman–Crippen MR) is 116 cm³/mol. The minimum atomic E-state index is -0.348. The van der Waals surface area contributed by atoms with Gasteiger partial charge < -0.3 is 9.84 Å². The first-order valence-corrected chi connectivity index (χ1v) is 10.7. The number of anilines is 1. The maximum atomic E-state index is 13.4. The summed E-state index contributed by atoms with van der Waals surface area (Å²) in [7, 11) is 0. The molecule has 1 aliphatic heterocycles. The topological polar surface area (TPSA) is 71.3 Å². The van der Waals surface area contributed by atoms with Crippen molar-refractivity contribution in [2.24, 2.45) is 0 Å². The smallest absolute Gasteiger partial charge is 0.238 e. The number of hydrogen-bond donors (Lipinski definition) is 1. The van der Waals surface area contributed by atoms with Crippen LogP contribution in [0.3, 0.4) is 0 Å². The fourth-order valence-electron chi connectivity index (χ4n) is 3.53. The van der Waals surface area contributed by atoms with Crippen molar-refractivity contribution >= 4 is 39.1 Å². The molecule has 1 saturated heterocycles. The van der Waals surface area contributed by atoms with E-state index in [0.29, 0.717) is 34.5 Å². The molecule has 6 nitrogen and oxygen atoms in total. The van der Waals surface area contributed by atoms with E-state index in [4.69, 9.17) is 16.1 Å². The third-order valence-electron chi connectivity index (χ3n) is 4.95. The lowest BCUT2D eigenvalue weighted by Crippen LogP contribution is -2.39. The maximum absolute atomic E-state index is 13.4. The normalized spacial score (nSPS) is 17.1. The zero-order valence-corrected chi connectivity index (χ0v) is 18.3. The summed E-state index contributed by atoms with van der Waals surface area (Å²) in [6.07, 6.45) is 1.80. The Morgan fingerprint density at radius 3 is 3.00 bits per heavy atom. The van der Waals surface area contributed by atoms with Gasteiger partial charge in [0.1, 0.15) is 5.82 Å². The van der Waals surface area contributed by atoms with E-state index in [1.54, 1.807) is 24.3 Å². The maximum Gasteiger partial charge on any atom is 0.238 e. The first-order valence-electron chi connectivity index (χ1n) is 9.55. The van der Waals surface area contributed by atoms with Gasteiger partial charge in [0.2, 0.25) is 17.6 Å². The molecule has 0 spiro atoms. The highest BCUT2D eigenvalue weighted by Crippen LogP contribution is 2.28. The van der Waals surface area contributed by atoms with Crippen LogP contribution in [0.1, 0.15) is 24.7 Å². The lowest BCUT2D eigenvalue weighted by Gasteiger charge is -2.30. The number of hydrogen-bond acceptors (Lipinski definition) is 5. The summed E-state index contributed by atoms with van der Waals surface area (Å²) in [5.74, 6) is 0.419. The van der Waals surface area contributed by atoms with Gasteiger partial charge in [0, 0.05) is 16.6 Å². The average Bonchev–Trinajstić information content (AvgIpc) is 3.21. The molecule has 1 N–H and O–H groups in total. The van der Waals surface area contributed by atoms with E-state index in [2.05, 4.69) is 36.3 Å². The van der Waals surface area contributed by atoms with Crippen molar-refractivity contribution in [3.8, 4) is 11.4 Å². The van der Waals surface area contributed by atoms with E-state index in [9.17, 15) is 9.18 Å². The summed E-state index contributed by atoms with van der Waals surface area (Å²) >= 11 is 9.52. The van der Waals surface area contributed by atoms with E-state index >= 15 is 0 Å². The molecular weight excluding hydrogens is 475 g/mol. The van der Waals surface area contributed by atoms with Gasteiger partial charge in [0.15, 0.2) is 0 Å². The molecule has 1 aromatic heterocycles. The minimum absolute atomic E-state index is 0.0256. The number of likely N-dealkylation sites (tertiary alicyclic amines) is 1. The number of halogens is 3. The second-order valence-corrected chi connectivity index (χ2v) is 8.54. The predicted octanol–water partition coefficient (Wildman–Crippen LogP) is 5.11. The zero-order valence-electron chi connectivity index (χ0n) is 15.9. The van der Waals surface area contributed by atoms with Crippen molar-refractivity contribution in [1.29, 1.82) is 0 Å². The number of nitrogens with zero attached hydrogens (tertiary/aromatic N) is 3. The summed E-state index contributed by atoms with van der Waals surface area (Å²) in [6, 6.07) is 11.4. The molecule has 0 aliphatic carbocycles. The second kappa shape index (κ2) is 9.24. The number of amides is 1. The molecule has 0 saturated carbocycles. The summed E-state index contributed by atoms with van der Waals surface area (Å²) in [5.41, 5.74) is 1.15. The van der Waals surface area contributed by atoms with Gasteiger partial charge in [0.25, 0.3) is 0 Å². The largest absolute Gasteiger partial charge is 0.339 e. The molecule has 1 fully saturated rings. The van der Waals surface area contributed by atoms with Crippen LogP contribution in [-0.4, -0.2) is 40.6 Å². The van der Waals surface area contributed by atoms with E-state index in [1.165, 1.54) is 12.1 Å². The molecule has 2 aromatic carbocycles. The Morgan fingerprint density at radius 1 is 1.33 bits per heavy atom. The number of benzene rings is 2. The van der Waals surface area contributed by atoms with Crippen molar-refractivity contribution in [3.63, 3.8) is 0 Å². The van der Waals surface area contributed by atoms with Crippen LogP contribution >= 0.6 is 27.5 Å². The molecule has 0 radical (unpaired) electrons. The van der Waals surface area contributed by atoms with Gasteiger partial charge in [-0.3, -0.25) is 9.69 Å². The van der Waals surface area contributed by atoms with Gasteiger partial charge >= 0.3 is 0 Å². The highest BCUT2D eigenvalue weighted by Gasteiger charge is 2.27. The summed E-state index contributed by atoms with van der Waals surface area (Å²) in [4.78, 5) is 19.0. The van der Waals surface area contributed by atoms with Gasteiger partial charge in [0.05, 0.1) is 23.2 Å². The first-order chi connectivity index (χ1) is 14.5. The quantitative estimate of drug-likeness (QED) is 0.535. The summed E-state index contributed by atoms with van der Waals surface area (Å²) in [6.45, 7) is 1.68. The van der Waals surface area contributed by atoms with E-state index in [-0.39, 0.29) is 24.2 Å². The van der Waals surface area contributed by atoms with Gasteiger partial charge in [-0.1, -0.05) is 44.8 Å². The van der Waals surface area contributed by atoms with Gasteiger partial charge in [-0.25, -0.2) is 4.39 Å². The first kappa shape index (κ1) is 21.0. The van der Waals surface area contributed by atoms with Crippen LogP contribution in [0.15, 0.2) is 51.5 Å². The van der Waals surface area contributed by atoms with Crippen molar-refractivity contribution in [2.45, 2.75) is 18.8 Å². The summed E-state index contributed by atoms with van der Waals surface area (Å²) in [5, 5.41) is 7.32. The Kier molecular flexibility index (Phi) is 6.46. The fraction of sp³-hybridized carbons (Fsp3) is 0.286. The van der Waals surface area contributed by atoms with Crippen LogP contribution in [-0.2, 0) is 4.79 Å². The molecule has 0 bridgehead atoms. The van der Waals surface area contributed by atoms with Gasteiger partial charge in [-0.05, 0) is 49.7 Å². The van der Waals surface area contributed by atoms with E-state index in [1.807, 2.05) is 6.07 Å².